The van der Waals surface area contributed by atoms with E-state index in [2.05, 4.69) is 25.3 Å². The quantitative estimate of drug-likeness (QED) is 0.198. The van der Waals surface area contributed by atoms with Crippen molar-refractivity contribution in [2.24, 2.45) is 5.41 Å². The van der Waals surface area contributed by atoms with Crippen LogP contribution in [-0.4, -0.2) is 53.9 Å². The molecule has 228 valence electrons. The van der Waals surface area contributed by atoms with Crippen LogP contribution in [0.2, 0.25) is 0 Å². The first kappa shape index (κ1) is 30.6. The molecular weight excluding hydrogens is 567 g/mol. The van der Waals surface area contributed by atoms with Crippen molar-refractivity contribution in [2.45, 2.75) is 59.2 Å². The zero-order valence-electron chi connectivity index (χ0n) is 25.2. The standard InChI is InChI=1S/C32H39FN6O3S/c1-21-17-27(39-43(40,41)16-13-31(2,3)4)23-9-6-7-10-24(23)28(21)42-29-25(11-8-14-35-29)26-12-15-36-30(38-26)37-22-18-32(5,33)20-34-19-22/h6-12,14-15,17,22,34,39H,13,16,18-20H2,1-5H3,(H,36,37,38)/t22-,32-/m0/s1. The molecule has 0 radical (unpaired) electrons. The minimum Gasteiger partial charge on any atom is -0.437 e. The smallest absolute Gasteiger partial charge is 0.232 e. The van der Waals surface area contributed by atoms with Crippen molar-refractivity contribution in [3.63, 3.8) is 0 Å². The van der Waals surface area contributed by atoms with Gasteiger partial charge in [-0.2, -0.15) is 0 Å². The topological polar surface area (TPSA) is 118 Å². The van der Waals surface area contributed by atoms with Gasteiger partial charge in [-0.15, -0.1) is 0 Å². The van der Waals surface area contributed by atoms with Crippen molar-refractivity contribution in [1.29, 1.82) is 0 Å². The van der Waals surface area contributed by atoms with Gasteiger partial charge in [0.25, 0.3) is 0 Å². The number of alkyl halides is 1. The van der Waals surface area contributed by atoms with Gasteiger partial charge in [0.1, 0.15) is 11.4 Å². The van der Waals surface area contributed by atoms with Crippen molar-refractivity contribution in [1.82, 2.24) is 20.3 Å². The van der Waals surface area contributed by atoms with Gasteiger partial charge in [0.05, 0.1) is 22.7 Å². The van der Waals surface area contributed by atoms with Gasteiger partial charge >= 0.3 is 0 Å². The predicted octanol–water partition coefficient (Wildman–Crippen LogP) is 6.47. The first-order chi connectivity index (χ1) is 20.3. The second-order valence-corrected chi connectivity index (χ2v) is 14.5. The molecule has 4 aromatic rings. The van der Waals surface area contributed by atoms with Crippen molar-refractivity contribution in [3.05, 3.63) is 66.5 Å². The zero-order chi connectivity index (χ0) is 30.8. The highest BCUT2D eigenvalue weighted by atomic mass is 32.2. The van der Waals surface area contributed by atoms with Gasteiger partial charge in [0, 0.05) is 48.7 Å². The fourth-order valence-corrected chi connectivity index (χ4v) is 6.65. The fraction of sp³-hybridized carbons (Fsp3) is 0.406. The lowest BCUT2D eigenvalue weighted by Gasteiger charge is -2.33. The van der Waals surface area contributed by atoms with E-state index in [-0.39, 0.29) is 17.2 Å². The Balaban J connectivity index is 1.44. The van der Waals surface area contributed by atoms with Crippen LogP contribution in [0.5, 0.6) is 11.6 Å². The summed E-state index contributed by atoms with van der Waals surface area (Å²) in [6.07, 6.45) is 4.18. The Morgan fingerprint density at radius 3 is 2.60 bits per heavy atom. The molecule has 2 atom stereocenters. The number of aromatic nitrogens is 3. The Morgan fingerprint density at radius 1 is 1.09 bits per heavy atom. The fourth-order valence-electron chi connectivity index (χ4n) is 5.16. The van der Waals surface area contributed by atoms with Gasteiger partial charge in [0.15, 0.2) is 0 Å². The van der Waals surface area contributed by atoms with E-state index in [9.17, 15) is 12.8 Å². The summed E-state index contributed by atoms with van der Waals surface area (Å²) >= 11 is 0. The molecule has 2 aromatic carbocycles. The maximum atomic E-state index is 14.6. The predicted molar refractivity (Wildman–Crippen MR) is 170 cm³/mol. The lowest BCUT2D eigenvalue weighted by Crippen LogP contribution is -2.50. The summed E-state index contributed by atoms with van der Waals surface area (Å²) in [5, 5.41) is 7.83. The molecule has 1 aliphatic rings. The number of pyridine rings is 1. The Morgan fingerprint density at radius 2 is 1.86 bits per heavy atom. The monoisotopic (exact) mass is 606 g/mol. The minimum atomic E-state index is -3.56. The number of fused-ring (bicyclic) bond motifs is 1. The van der Waals surface area contributed by atoms with Crippen molar-refractivity contribution >= 4 is 32.4 Å². The summed E-state index contributed by atoms with van der Waals surface area (Å²) in [4.78, 5) is 13.6. The summed E-state index contributed by atoms with van der Waals surface area (Å²) in [6, 6.07) is 14.6. The molecule has 9 nitrogen and oxygen atoms in total. The molecule has 3 N–H and O–H groups in total. The average molecular weight is 607 g/mol. The molecule has 0 unspecified atom stereocenters. The number of hydrogen-bond acceptors (Lipinski definition) is 8. The number of aryl methyl sites for hydroxylation is 1. The van der Waals surface area contributed by atoms with E-state index in [0.29, 0.717) is 60.5 Å². The van der Waals surface area contributed by atoms with Crippen LogP contribution in [0.15, 0.2) is 60.9 Å². The molecular formula is C32H39FN6O3S. The van der Waals surface area contributed by atoms with Crippen LogP contribution in [0.4, 0.5) is 16.0 Å². The van der Waals surface area contributed by atoms with Crippen molar-refractivity contribution in [3.8, 4) is 22.9 Å². The average Bonchev–Trinajstić information content (AvgIpc) is 2.93. The van der Waals surface area contributed by atoms with Crippen LogP contribution in [0.1, 0.15) is 46.1 Å². The number of sulfonamides is 1. The van der Waals surface area contributed by atoms with Crippen LogP contribution >= 0.6 is 0 Å². The summed E-state index contributed by atoms with van der Waals surface area (Å²) < 4.78 is 49.8. The van der Waals surface area contributed by atoms with Crippen LogP contribution < -0.4 is 20.1 Å². The number of ether oxygens (including phenoxy) is 1. The number of nitrogens with zero attached hydrogens (tertiary/aromatic N) is 3. The molecule has 43 heavy (non-hydrogen) atoms. The molecule has 1 fully saturated rings. The number of nitrogens with one attached hydrogen (secondary N) is 3. The van der Waals surface area contributed by atoms with E-state index in [1.807, 2.05) is 58.0 Å². The first-order valence-electron chi connectivity index (χ1n) is 14.4. The second-order valence-electron chi connectivity index (χ2n) is 12.7. The molecule has 0 saturated carbocycles. The molecule has 3 heterocycles. The summed E-state index contributed by atoms with van der Waals surface area (Å²) in [7, 11) is -3.56. The largest absolute Gasteiger partial charge is 0.437 e. The molecule has 5 rings (SSSR count). The summed E-state index contributed by atoms with van der Waals surface area (Å²) in [5.74, 6) is 1.33. The Hall–Kier alpha value is -3.83. The number of piperidine rings is 1. The maximum Gasteiger partial charge on any atom is 0.232 e. The van der Waals surface area contributed by atoms with Gasteiger partial charge in [-0.25, -0.2) is 27.8 Å². The van der Waals surface area contributed by atoms with E-state index in [0.717, 1.165) is 16.3 Å². The van der Waals surface area contributed by atoms with E-state index < -0.39 is 15.7 Å². The van der Waals surface area contributed by atoms with Crippen LogP contribution in [0, 0.1) is 12.3 Å². The minimum absolute atomic E-state index is 0.0273. The molecule has 0 spiro atoms. The summed E-state index contributed by atoms with van der Waals surface area (Å²) in [5.41, 5.74) is 1.09. The van der Waals surface area contributed by atoms with Crippen LogP contribution in [0.25, 0.3) is 22.0 Å². The third-order valence-electron chi connectivity index (χ3n) is 7.36. The lowest BCUT2D eigenvalue weighted by atomic mass is 9.94. The second kappa shape index (κ2) is 12.0. The molecule has 1 saturated heterocycles. The Bertz CT molecular complexity index is 1720. The number of hydrogen-bond donors (Lipinski definition) is 3. The van der Waals surface area contributed by atoms with E-state index in [4.69, 9.17) is 9.72 Å². The Kier molecular flexibility index (Phi) is 8.58. The van der Waals surface area contributed by atoms with Crippen LogP contribution in [0.3, 0.4) is 0 Å². The summed E-state index contributed by atoms with van der Waals surface area (Å²) in [6.45, 7) is 10.5. The normalized spacial score (nSPS) is 19.3. The third kappa shape index (κ3) is 7.77. The highest BCUT2D eigenvalue weighted by Crippen LogP contribution is 2.40. The number of halogens is 1. The van der Waals surface area contributed by atoms with Gasteiger partial charge in [-0.3, -0.25) is 4.72 Å². The number of anilines is 2. The SMILES string of the molecule is Cc1cc(NS(=O)(=O)CCC(C)(C)C)c2ccccc2c1Oc1ncccc1-c1ccnc(N[C@@H]2CNC[C@@](C)(F)C2)n1. The van der Waals surface area contributed by atoms with Gasteiger partial charge in [-0.05, 0) is 55.5 Å². The molecule has 0 bridgehead atoms. The molecule has 0 amide bonds. The van der Waals surface area contributed by atoms with E-state index in [1.54, 1.807) is 37.5 Å². The highest BCUT2D eigenvalue weighted by molar-refractivity contribution is 7.92. The van der Waals surface area contributed by atoms with Crippen molar-refractivity contribution < 1.29 is 17.5 Å². The van der Waals surface area contributed by atoms with Gasteiger partial charge in [-0.1, -0.05) is 45.0 Å². The molecule has 1 aliphatic heterocycles. The van der Waals surface area contributed by atoms with Gasteiger partial charge in [0.2, 0.25) is 21.9 Å². The molecule has 2 aromatic heterocycles. The number of benzene rings is 2. The third-order valence-corrected chi connectivity index (χ3v) is 8.63. The van der Waals surface area contributed by atoms with E-state index >= 15 is 0 Å². The highest BCUT2D eigenvalue weighted by Gasteiger charge is 2.32. The molecule has 11 heteroatoms. The van der Waals surface area contributed by atoms with Crippen LogP contribution in [-0.2, 0) is 10.0 Å². The Labute approximate surface area is 252 Å². The maximum absolute atomic E-state index is 14.6. The number of rotatable bonds is 9. The molecule has 0 aliphatic carbocycles. The van der Waals surface area contributed by atoms with E-state index in [1.165, 1.54) is 0 Å². The van der Waals surface area contributed by atoms with Crippen molar-refractivity contribution in [2.75, 3.05) is 28.9 Å². The zero-order valence-corrected chi connectivity index (χ0v) is 26.1. The lowest BCUT2D eigenvalue weighted by molar-refractivity contribution is 0.137. The van der Waals surface area contributed by atoms with Gasteiger partial charge < -0.3 is 15.4 Å². The first-order valence-corrected chi connectivity index (χ1v) is 16.1.